The Morgan fingerprint density at radius 3 is 2.92 bits per heavy atom. The summed E-state index contributed by atoms with van der Waals surface area (Å²) in [5, 5.41) is 11.2. The average molecular weight is 347 g/mol. The van der Waals surface area contributed by atoms with Gasteiger partial charge in [-0.25, -0.2) is 14.7 Å². The minimum absolute atomic E-state index is 0.0384. The molecule has 2 heterocycles. The van der Waals surface area contributed by atoms with Crippen molar-refractivity contribution < 1.29 is 4.79 Å². The van der Waals surface area contributed by atoms with Gasteiger partial charge in [-0.15, -0.1) is 6.58 Å². The van der Waals surface area contributed by atoms with Gasteiger partial charge < -0.3 is 15.5 Å². The predicted molar refractivity (Wildman–Crippen MR) is 98.6 cm³/mol. The zero-order valence-corrected chi connectivity index (χ0v) is 15.6. The van der Waals surface area contributed by atoms with E-state index in [0.29, 0.717) is 18.4 Å². The van der Waals surface area contributed by atoms with Crippen molar-refractivity contribution in [3.8, 4) is 0 Å². The van der Waals surface area contributed by atoms with Gasteiger partial charge in [0.2, 0.25) is 5.91 Å². The fraction of sp³-hybridized carbons (Fsp3) is 0.647. The van der Waals surface area contributed by atoms with Crippen LogP contribution in [0.2, 0.25) is 0 Å². The summed E-state index contributed by atoms with van der Waals surface area (Å²) in [7, 11) is 3.45. The van der Waals surface area contributed by atoms with Gasteiger partial charge in [0.25, 0.3) is 0 Å². The van der Waals surface area contributed by atoms with Crippen molar-refractivity contribution in [3.05, 3.63) is 24.3 Å². The molecule has 0 radical (unpaired) electrons. The third-order valence-electron chi connectivity index (χ3n) is 4.02. The fourth-order valence-electron chi connectivity index (χ4n) is 2.49. The molecule has 0 saturated carbocycles. The van der Waals surface area contributed by atoms with E-state index in [9.17, 15) is 4.79 Å². The minimum atomic E-state index is -0.0384. The Labute approximate surface area is 149 Å². The van der Waals surface area contributed by atoms with Crippen LogP contribution in [0, 0.1) is 0 Å². The first-order valence-electron chi connectivity index (χ1n) is 8.70. The van der Waals surface area contributed by atoms with Crippen molar-refractivity contribution in [1.29, 1.82) is 0 Å². The number of fused-ring (bicyclic) bond motifs is 1. The molecule has 0 fully saturated rings. The highest BCUT2D eigenvalue weighted by atomic mass is 16.2. The molecule has 0 aliphatic carbocycles. The third-order valence-corrected chi connectivity index (χ3v) is 4.02. The zero-order valence-electron chi connectivity index (χ0n) is 15.6. The molecule has 1 aromatic rings. The Morgan fingerprint density at radius 2 is 2.28 bits per heavy atom. The van der Waals surface area contributed by atoms with E-state index in [1.807, 2.05) is 4.68 Å². The molecule has 0 spiro atoms. The molecular weight excluding hydrogens is 318 g/mol. The monoisotopic (exact) mass is 347 g/mol. The SMILES string of the molecule is C=CCNC(=NCC(=O)N(C)C)NC1CCc2nc(C(C)C)nn2C1. The lowest BCUT2D eigenvalue weighted by Gasteiger charge is -2.25. The summed E-state index contributed by atoms with van der Waals surface area (Å²) >= 11 is 0. The molecule has 25 heavy (non-hydrogen) atoms. The number of nitrogens with zero attached hydrogens (tertiary/aromatic N) is 5. The summed E-state index contributed by atoms with van der Waals surface area (Å²) in [5.41, 5.74) is 0. The molecule has 0 saturated heterocycles. The van der Waals surface area contributed by atoms with E-state index in [4.69, 9.17) is 0 Å². The van der Waals surface area contributed by atoms with Gasteiger partial charge in [0, 0.05) is 39.0 Å². The van der Waals surface area contributed by atoms with Gasteiger partial charge in [-0.05, 0) is 6.42 Å². The molecule has 1 aromatic heterocycles. The van der Waals surface area contributed by atoms with Crippen LogP contribution in [0.5, 0.6) is 0 Å². The number of aryl methyl sites for hydroxylation is 1. The molecule has 1 unspecified atom stereocenters. The van der Waals surface area contributed by atoms with Crippen LogP contribution in [0.25, 0.3) is 0 Å². The highest BCUT2D eigenvalue weighted by Gasteiger charge is 2.23. The number of carbonyl (C=O) groups is 1. The quantitative estimate of drug-likeness (QED) is 0.445. The van der Waals surface area contributed by atoms with Crippen molar-refractivity contribution in [2.24, 2.45) is 4.99 Å². The Morgan fingerprint density at radius 1 is 1.52 bits per heavy atom. The molecule has 0 aromatic carbocycles. The molecule has 1 aliphatic rings. The van der Waals surface area contributed by atoms with Gasteiger partial charge in [0.1, 0.15) is 12.4 Å². The molecule has 0 bridgehead atoms. The second-order valence-electron chi connectivity index (χ2n) is 6.73. The number of hydrogen-bond acceptors (Lipinski definition) is 4. The summed E-state index contributed by atoms with van der Waals surface area (Å²) < 4.78 is 1.98. The number of guanidine groups is 1. The number of likely N-dealkylation sites (N-methyl/N-ethyl adjacent to an activating group) is 1. The first-order valence-corrected chi connectivity index (χ1v) is 8.70. The van der Waals surface area contributed by atoms with E-state index in [1.54, 1.807) is 20.2 Å². The Kier molecular flexibility index (Phi) is 6.55. The topological polar surface area (TPSA) is 87.4 Å². The standard InChI is InChI=1S/C17H29N7O/c1-6-9-18-17(19-10-15(25)23(4)5)20-13-7-8-14-21-16(12(2)3)22-24(14)11-13/h6,12-13H,1,7-11H2,2-5H3,(H2,18,19,20). The fourth-order valence-corrected chi connectivity index (χ4v) is 2.49. The summed E-state index contributed by atoms with van der Waals surface area (Å²) in [6.07, 6.45) is 3.59. The summed E-state index contributed by atoms with van der Waals surface area (Å²) in [4.78, 5) is 22.3. The largest absolute Gasteiger partial charge is 0.353 e. The van der Waals surface area contributed by atoms with Gasteiger partial charge in [0.05, 0.1) is 6.54 Å². The van der Waals surface area contributed by atoms with E-state index in [-0.39, 0.29) is 18.5 Å². The van der Waals surface area contributed by atoms with Crippen molar-refractivity contribution in [2.45, 2.75) is 45.2 Å². The number of aliphatic imine (C=N–C) groups is 1. The Bertz CT molecular complexity index is 633. The molecule has 1 amide bonds. The number of rotatable bonds is 6. The number of aromatic nitrogens is 3. The first-order chi connectivity index (χ1) is 11.9. The maximum absolute atomic E-state index is 11.8. The lowest BCUT2D eigenvalue weighted by molar-refractivity contribution is -0.127. The first kappa shape index (κ1) is 19.0. The normalized spacial score (nSPS) is 17.2. The highest BCUT2D eigenvalue weighted by Crippen LogP contribution is 2.16. The van der Waals surface area contributed by atoms with Gasteiger partial charge in [-0.2, -0.15) is 5.10 Å². The zero-order chi connectivity index (χ0) is 18.4. The molecule has 1 aliphatic heterocycles. The average Bonchev–Trinajstić information content (AvgIpc) is 3.00. The van der Waals surface area contributed by atoms with E-state index in [0.717, 1.165) is 31.0 Å². The molecule has 138 valence electrons. The van der Waals surface area contributed by atoms with Gasteiger partial charge in [0.15, 0.2) is 11.8 Å². The smallest absolute Gasteiger partial charge is 0.243 e. The summed E-state index contributed by atoms with van der Waals surface area (Å²) in [5.74, 6) is 2.84. The molecular formula is C17H29N7O. The second kappa shape index (κ2) is 8.64. The molecule has 8 nitrogen and oxygen atoms in total. The van der Waals surface area contributed by atoms with Gasteiger partial charge in [-0.1, -0.05) is 19.9 Å². The van der Waals surface area contributed by atoms with E-state index in [1.165, 1.54) is 4.90 Å². The van der Waals surface area contributed by atoms with Crippen LogP contribution in [0.4, 0.5) is 0 Å². The summed E-state index contributed by atoms with van der Waals surface area (Å²) in [6, 6.07) is 0.194. The maximum Gasteiger partial charge on any atom is 0.243 e. The lowest BCUT2D eigenvalue weighted by atomic mass is 10.1. The molecule has 8 heteroatoms. The lowest BCUT2D eigenvalue weighted by Crippen LogP contribution is -2.47. The number of hydrogen-bond donors (Lipinski definition) is 2. The van der Waals surface area contributed by atoms with Crippen LogP contribution in [-0.2, 0) is 17.8 Å². The van der Waals surface area contributed by atoms with Crippen molar-refractivity contribution >= 4 is 11.9 Å². The second-order valence-corrected chi connectivity index (χ2v) is 6.73. The van der Waals surface area contributed by atoms with E-state index >= 15 is 0 Å². The van der Waals surface area contributed by atoms with E-state index < -0.39 is 0 Å². The third kappa shape index (κ3) is 5.30. The summed E-state index contributed by atoms with van der Waals surface area (Å²) in [6.45, 7) is 9.34. The number of carbonyl (C=O) groups excluding carboxylic acids is 1. The van der Waals surface area contributed by atoms with Crippen LogP contribution >= 0.6 is 0 Å². The Balaban J connectivity index is 2.01. The number of nitrogens with one attached hydrogen (secondary N) is 2. The Hall–Kier alpha value is -2.38. The molecule has 2 rings (SSSR count). The molecule has 1 atom stereocenters. The van der Waals surface area contributed by atoms with Crippen LogP contribution in [0.15, 0.2) is 17.6 Å². The van der Waals surface area contributed by atoms with Crippen LogP contribution in [0.3, 0.4) is 0 Å². The van der Waals surface area contributed by atoms with Gasteiger partial charge >= 0.3 is 0 Å². The van der Waals surface area contributed by atoms with Crippen LogP contribution < -0.4 is 10.6 Å². The van der Waals surface area contributed by atoms with Crippen molar-refractivity contribution in [1.82, 2.24) is 30.3 Å². The van der Waals surface area contributed by atoms with Crippen molar-refractivity contribution in [3.63, 3.8) is 0 Å². The minimum Gasteiger partial charge on any atom is -0.353 e. The maximum atomic E-state index is 11.8. The number of amides is 1. The predicted octanol–water partition coefficient (Wildman–Crippen LogP) is 0.526. The van der Waals surface area contributed by atoms with E-state index in [2.05, 4.69) is 46.1 Å². The highest BCUT2D eigenvalue weighted by molar-refractivity contribution is 5.85. The van der Waals surface area contributed by atoms with Crippen LogP contribution in [0.1, 0.15) is 37.8 Å². The van der Waals surface area contributed by atoms with Gasteiger partial charge in [-0.3, -0.25) is 4.79 Å². The van der Waals surface area contributed by atoms with Crippen molar-refractivity contribution in [2.75, 3.05) is 27.2 Å². The van der Waals surface area contributed by atoms with Crippen LogP contribution in [-0.4, -0.2) is 64.8 Å². The molecule has 2 N–H and O–H groups in total.